The molecule has 1 atom stereocenters. The minimum absolute atomic E-state index is 0.142. The highest BCUT2D eigenvalue weighted by Crippen LogP contribution is 2.16. The van der Waals surface area contributed by atoms with Crippen molar-refractivity contribution in [3.8, 4) is 0 Å². The lowest BCUT2D eigenvalue weighted by atomic mass is 10.1. The van der Waals surface area contributed by atoms with Crippen molar-refractivity contribution in [2.24, 2.45) is 0 Å². The first kappa shape index (κ1) is 15.2. The Bertz CT molecular complexity index is 749. The molecule has 1 unspecified atom stereocenters. The van der Waals surface area contributed by atoms with Crippen molar-refractivity contribution in [2.75, 3.05) is 0 Å². The van der Waals surface area contributed by atoms with Gasteiger partial charge in [0.1, 0.15) is 6.54 Å². The second kappa shape index (κ2) is 6.53. The molecule has 0 aliphatic carbocycles. The minimum Gasteiger partial charge on any atom is -0.348 e. The lowest BCUT2D eigenvalue weighted by Crippen LogP contribution is -2.36. The van der Waals surface area contributed by atoms with E-state index in [1.54, 1.807) is 0 Å². The number of carbonyl (C=O) groups is 1. The predicted molar refractivity (Wildman–Crippen MR) is 82.0 cm³/mol. The molecule has 7 heteroatoms. The fraction of sp³-hybridized carbons (Fsp3) is 0.214. The number of hydrogen-bond donors (Lipinski definition) is 2. The highest BCUT2D eigenvalue weighted by atomic mass is 79.9. The SMILES string of the molecule is CC(NC(=O)Cn1ccc(=O)[nH]c1=O)c1ccc(Br)cc1. The first-order chi connectivity index (χ1) is 9.95. The standard InChI is InChI=1S/C14H14BrN3O3/c1-9(10-2-4-11(15)5-3-10)16-13(20)8-18-7-6-12(19)17-14(18)21/h2-7,9H,8H2,1H3,(H,16,20)(H,17,19,21). The van der Waals surface area contributed by atoms with Crippen LogP contribution >= 0.6 is 15.9 Å². The number of aromatic amines is 1. The summed E-state index contributed by atoms with van der Waals surface area (Å²) in [4.78, 5) is 36.5. The fourth-order valence-corrected chi connectivity index (χ4v) is 2.11. The number of hydrogen-bond acceptors (Lipinski definition) is 3. The third kappa shape index (κ3) is 4.16. The van der Waals surface area contributed by atoms with Crippen molar-refractivity contribution < 1.29 is 4.79 Å². The molecular weight excluding hydrogens is 338 g/mol. The van der Waals surface area contributed by atoms with Gasteiger partial charge in [-0.2, -0.15) is 0 Å². The maximum absolute atomic E-state index is 11.9. The number of carbonyl (C=O) groups excluding carboxylic acids is 1. The summed E-state index contributed by atoms with van der Waals surface area (Å²) in [6, 6.07) is 8.62. The summed E-state index contributed by atoms with van der Waals surface area (Å²) in [5.74, 6) is -0.306. The molecule has 0 bridgehead atoms. The van der Waals surface area contributed by atoms with Gasteiger partial charge in [-0.25, -0.2) is 4.79 Å². The summed E-state index contributed by atoms with van der Waals surface area (Å²) < 4.78 is 2.11. The summed E-state index contributed by atoms with van der Waals surface area (Å²) in [7, 11) is 0. The van der Waals surface area contributed by atoms with Gasteiger partial charge in [-0.3, -0.25) is 19.1 Å². The zero-order valence-corrected chi connectivity index (χ0v) is 12.9. The van der Waals surface area contributed by atoms with E-state index in [-0.39, 0.29) is 18.5 Å². The van der Waals surface area contributed by atoms with Crippen LogP contribution in [0.15, 0.2) is 50.6 Å². The number of H-pyrrole nitrogens is 1. The second-order valence-electron chi connectivity index (χ2n) is 4.58. The van der Waals surface area contributed by atoms with E-state index in [1.807, 2.05) is 31.2 Å². The topological polar surface area (TPSA) is 84.0 Å². The number of benzene rings is 1. The van der Waals surface area contributed by atoms with E-state index in [1.165, 1.54) is 12.3 Å². The molecular formula is C14H14BrN3O3. The van der Waals surface area contributed by atoms with Gasteiger partial charge in [0.05, 0.1) is 6.04 Å². The number of aromatic nitrogens is 2. The van der Waals surface area contributed by atoms with Crippen molar-refractivity contribution in [2.45, 2.75) is 19.5 Å². The Hall–Kier alpha value is -2.15. The van der Waals surface area contributed by atoms with Crippen LogP contribution in [-0.4, -0.2) is 15.5 Å². The number of nitrogens with zero attached hydrogens (tertiary/aromatic N) is 1. The molecule has 1 aromatic carbocycles. The number of amides is 1. The number of nitrogens with one attached hydrogen (secondary N) is 2. The first-order valence-corrected chi connectivity index (χ1v) is 7.09. The summed E-state index contributed by atoms with van der Waals surface area (Å²) in [5.41, 5.74) is -0.130. The van der Waals surface area contributed by atoms with E-state index in [9.17, 15) is 14.4 Å². The molecule has 0 spiro atoms. The van der Waals surface area contributed by atoms with Crippen LogP contribution < -0.4 is 16.6 Å². The average molecular weight is 352 g/mol. The molecule has 2 N–H and O–H groups in total. The van der Waals surface area contributed by atoms with Crippen LogP contribution in [0.5, 0.6) is 0 Å². The summed E-state index contributed by atoms with van der Waals surface area (Å²) in [6.45, 7) is 1.72. The highest BCUT2D eigenvalue weighted by molar-refractivity contribution is 9.10. The molecule has 2 rings (SSSR count). The molecule has 0 aliphatic rings. The molecule has 1 aromatic heterocycles. The number of rotatable bonds is 4. The lowest BCUT2D eigenvalue weighted by Gasteiger charge is -2.15. The Kier molecular flexibility index (Phi) is 4.74. The molecule has 1 heterocycles. The van der Waals surface area contributed by atoms with Gasteiger partial charge in [0.15, 0.2) is 0 Å². The molecule has 0 radical (unpaired) electrons. The molecule has 21 heavy (non-hydrogen) atoms. The Morgan fingerprint density at radius 1 is 1.29 bits per heavy atom. The van der Waals surface area contributed by atoms with Crippen LogP contribution in [0.3, 0.4) is 0 Å². The summed E-state index contributed by atoms with van der Waals surface area (Å²) in [5, 5.41) is 2.80. The van der Waals surface area contributed by atoms with Crippen LogP contribution in [0, 0.1) is 0 Å². The Labute approximate surface area is 128 Å². The predicted octanol–water partition coefficient (Wildman–Crippen LogP) is 1.18. The number of halogens is 1. The van der Waals surface area contributed by atoms with E-state index >= 15 is 0 Å². The van der Waals surface area contributed by atoms with Gasteiger partial charge in [0.25, 0.3) is 5.56 Å². The highest BCUT2D eigenvalue weighted by Gasteiger charge is 2.10. The third-order valence-electron chi connectivity index (χ3n) is 2.96. The normalized spacial score (nSPS) is 11.9. The van der Waals surface area contributed by atoms with Gasteiger partial charge < -0.3 is 5.32 Å². The van der Waals surface area contributed by atoms with Crippen molar-refractivity contribution >= 4 is 21.8 Å². The Morgan fingerprint density at radius 2 is 1.95 bits per heavy atom. The van der Waals surface area contributed by atoms with E-state index < -0.39 is 11.2 Å². The first-order valence-electron chi connectivity index (χ1n) is 6.30. The van der Waals surface area contributed by atoms with Crippen LogP contribution in [-0.2, 0) is 11.3 Å². The van der Waals surface area contributed by atoms with E-state index in [0.717, 1.165) is 14.6 Å². The Balaban J connectivity index is 2.02. The average Bonchev–Trinajstić information content (AvgIpc) is 2.42. The van der Waals surface area contributed by atoms with Gasteiger partial charge in [-0.1, -0.05) is 28.1 Å². The molecule has 2 aromatic rings. The molecule has 0 aliphatic heterocycles. The lowest BCUT2D eigenvalue weighted by molar-refractivity contribution is -0.122. The summed E-state index contributed by atoms with van der Waals surface area (Å²) >= 11 is 3.35. The fourth-order valence-electron chi connectivity index (χ4n) is 1.85. The van der Waals surface area contributed by atoms with E-state index in [2.05, 4.69) is 26.2 Å². The van der Waals surface area contributed by atoms with Gasteiger partial charge in [-0.15, -0.1) is 0 Å². The van der Waals surface area contributed by atoms with Gasteiger partial charge in [0.2, 0.25) is 5.91 Å². The molecule has 0 saturated heterocycles. The maximum Gasteiger partial charge on any atom is 0.328 e. The van der Waals surface area contributed by atoms with Crippen molar-refractivity contribution in [1.82, 2.24) is 14.9 Å². The molecule has 1 amide bonds. The van der Waals surface area contributed by atoms with Gasteiger partial charge in [-0.05, 0) is 24.6 Å². The van der Waals surface area contributed by atoms with E-state index in [4.69, 9.17) is 0 Å². The second-order valence-corrected chi connectivity index (χ2v) is 5.49. The maximum atomic E-state index is 11.9. The molecule has 0 saturated carbocycles. The van der Waals surface area contributed by atoms with Crippen LogP contribution in [0.2, 0.25) is 0 Å². The quantitative estimate of drug-likeness (QED) is 0.867. The molecule has 6 nitrogen and oxygen atoms in total. The summed E-state index contributed by atoms with van der Waals surface area (Å²) in [6.07, 6.45) is 1.30. The zero-order valence-electron chi connectivity index (χ0n) is 11.3. The van der Waals surface area contributed by atoms with Gasteiger partial charge in [0, 0.05) is 16.7 Å². The monoisotopic (exact) mass is 351 g/mol. The third-order valence-corrected chi connectivity index (χ3v) is 3.49. The van der Waals surface area contributed by atoms with Crippen molar-refractivity contribution in [3.05, 3.63) is 67.4 Å². The molecule has 0 fully saturated rings. The largest absolute Gasteiger partial charge is 0.348 e. The van der Waals surface area contributed by atoms with Crippen molar-refractivity contribution in [3.63, 3.8) is 0 Å². The van der Waals surface area contributed by atoms with Crippen LogP contribution in [0.25, 0.3) is 0 Å². The minimum atomic E-state index is -0.603. The van der Waals surface area contributed by atoms with Crippen LogP contribution in [0.4, 0.5) is 0 Å². The van der Waals surface area contributed by atoms with Crippen LogP contribution in [0.1, 0.15) is 18.5 Å². The zero-order chi connectivity index (χ0) is 15.4. The Morgan fingerprint density at radius 3 is 2.57 bits per heavy atom. The van der Waals surface area contributed by atoms with Gasteiger partial charge >= 0.3 is 5.69 Å². The van der Waals surface area contributed by atoms with E-state index in [0.29, 0.717) is 0 Å². The molecule has 110 valence electrons. The smallest absolute Gasteiger partial charge is 0.328 e. The van der Waals surface area contributed by atoms with Crippen molar-refractivity contribution in [1.29, 1.82) is 0 Å².